The van der Waals surface area contributed by atoms with Crippen LogP contribution >= 0.6 is 0 Å². The van der Waals surface area contributed by atoms with Crippen LogP contribution in [-0.2, 0) is 0 Å². The van der Waals surface area contributed by atoms with E-state index in [0.717, 1.165) is 50.6 Å². The van der Waals surface area contributed by atoms with Crippen LogP contribution in [0.2, 0.25) is 0 Å². The van der Waals surface area contributed by atoms with Crippen LogP contribution in [-0.4, -0.2) is 22.1 Å². The number of hydrogen-bond donors (Lipinski definition) is 2. The van der Waals surface area contributed by atoms with E-state index < -0.39 is 0 Å². The highest BCUT2D eigenvalue weighted by molar-refractivity contribution is 6.10. The molecular formula is C19H18N4O. The van der Waals surface area contributed by atoms with Crippen molar-refractivity contribution < 1.29 is 4.74 Å². The lowest BCUT2D eigenvalue weighted by Gasteiger charge is -2.12. The maximum atomic E-state index is 5.22. The molecule has 0 saturated heterocycles. The summed E-state index contributed by atoms with van der Waals surface area (Å²) in [5.41, 5.74) is 5.95. The normalized spacial score (nSPS) is 11.1. The first kappa shape index (κ1) is 14.5. The Bertz CT molecular complexity index is 1030. The number of nitrogens with one attached hydrogen (secondary N) is 2. The van der Waals surface area contributed by atoms with Crippen LogP contribution in [0.1, 0.15) is 11.5 Å². The Morgan fingerprint density at radius 1 is 1.00 bits per heavy atom. The summed E-state index contributed by atoms with van der Waals surface area (Å²) >= 11 is 0. The highest BCUT2D eigenvalue weighted by atomic mass is 16.5. The molecule has 0 spiro atoms. The Hall–Kier alpha value is -3.08. The second-order valence-electron chi connectivity index (χ2n) is 5.85. The van der Waals surface area contributed by atoms with Gasteiger partial charge in [-0.2, -0.15) is 0 Å². The monoisotopic (exact) mass is 318 g/mol. The first-order valence-electron chi connectivity index (χ1n) is 7.82. The van der Waals surface area contributed by atoms with Crippen LogP contribution in [0, 0.1) is 13.8 Å². The summed E-state index contributed by atoms with van der Waals surface area (Å²) in [6.45, 7) is 3.96. The van der Waals surface area contributed by atoms with Gasteiger partial charge < -0.3 is 15.0 Å². The van der Waals surface area contributed by atoms with Gasteiger partial charge in [0.2, 0.25) is 0 Å². The van der Waals surface area contributed by atoms with Crippen molar-refractivity contribution in [2.75, 3.05) is 12.4 Å². The number of imidazole rings is 1. The van der Waals surface area contributed by atoms with Crippen molar-refractivity contribution in [2.24, 2.45) is 0 Å². The van der Waals surface area contributed by atoms with Gasteiger partial charge in [-0.1, -0.05) is 0 Å². The molecule has 2 heterocycles. The largest absolute Gasteiger partial charge is 0.497 e. The van der Waals surface area contributed by atoms with Gasteiger partial charge in [0, 0.05) is 22.3 Å². The van der Waals surface area contributed by atoms with E-state index in [1.54, 1.807) is 7.11 Å². The number of hydrogen-bond acceptors (Lipinski definition) is 4. The number of H-pyrrole nitrogens is 1. The summed E-state index contributed by atoms with van der Waals surface area (Å²) in [6, 6.07) is 14.0. The van der Waals surface area contributed by atoms with Crippen molar-refractivity contribution >= 4 is 33.3 Å². The van der Waals surface area contributed by atoms with Crippen LogP contribution in [0.4, 0.5) is 11.4 Å². The van der Waals surface area contributed by atoms with Crippen LogP contribution in [0.5, 0.6) is 5.75 Å². The number of ether oxygens (including phenoxy) is 1. The fourth-order valence-electron chi connectivity index (χ4n) is 2.99. The molecule has 24 heavy (non-hydrogen) atoms. The van der Waals surface area contributed by atoms with Crippen molar-refractivity contribution in [3.63, 3.8) is 0 Å². The van der Waals surface area contributed by atoms with E-state index in [2.05, 4.69) is 32.4 Å². The summed E-state index contributed by atoms with van der Waals surface area (Å²) in [5.74, 6) is 1.62. The topological polar surface area (TPSA) is 62.8 Å². The minimum absolute atomic E-state index is 0.786. The number of benzene rings is 2. The molecule has 0 unspecified atom stereocenters. The average molecular weight is 318 g/mol. The van der Waals surface area contributed by atoms with Crippen molar-refractivity contribution in [1.29, 1.82) is 0 Å². The first-order valence-corrected chi connectivity index (χ1v) is 7.82. The van der Waals surface area contributed by atoms with Crippen LogP contribution in [0.15, 0.2) is 42.5 Å². The van der Waals surface area contributed by atoms with Crippen molar-refractivity contribution in [3.05, 3.63) is 54.0 Å². The number of pyridine rings is 1. The number of anilines is 2. The van der Waals surface area contributed by atoms with Gasteiger partial charge in [0.25, 0.3) is 0 Å². The summed E-state index contributed by atoms with van der Waals surface area (Å²) in [7, 11) is 1.67. The third-order valence-corrected chi connectivity index (χ3v) is 4.04. The van der Waals surface area contributed by atoms with Crippen LogP contribution in [0.25, 0.3) is 21.9 Å². The van der Waals surface area contributed by atoms with Gasteiger partial charge in [-0.25, -0.2) is 9.97 Å². The summed E-state index contributed by atoms with van der Waals surface area (Å²) in [4.78, 5) is 12.5. The minimum Gasteiger partial charge on any atom is -0.497 e. The molecule has 2 aromatic carbocycles. The predicted octanol–water partition coefficient (Wildman–Crippen LogP) is 4.48. The molecule has 5 heteroatoms. The zero-order valence-electron chi connectivity index (χ0n) is 13.8. The molecule has 0 amide bonds. The molecular weight excluding hydrogens is 300 g/mol. The number of aromatic amines is 1. The average Bonchev–Trinajstić information content (AvgIpc) is 2.95. The Morgan fingerprint density at radius 2 is 1.79 bits per heavy atom. The Labute approximate surface area is 139 Å². The predicted molar refractivity (Wildman–Crippen MR) is 97.1 cm³/mol. The molecule has 0 aliphatic heterocycles. The van der Waals surface area contributed by atoms with Gasteiger partial charge >= 0.3 is 0 Å². The molecule has 0 fully saturated rings. The second-order valence-corrected chi connectivity index (χ2v) is 5.85. The summed E-state index contributed by atoms with van der Waals surface area (Å²) in [5, 5.41) is 4.55. The highest BCUT2D eigenvalue weighted by Gasteiger charge is 2.11. The fourth-order valence-corrected chi connectivity index (χ4v) is 2.99. The van der Waals surface area contributed by atoms with E-state index in [1.807, 2.05) is 44.2 Å². The zero-order chi connectivity index (χ0) is 16.7. The van der Waals surface area contributed by atoms with Crippen LogP contribution in [0.3, 0.4) is 0 Å². The summed E-state index contributed by atoms with van der Waals surface area (Å²) in [6.07, 6.45) is 0. The molecule has 0 aliphatic rings. The Balaban J connectivity index is 1.90. The standard InChI is InChI=1S/C19H18N4O/c1-11-10-17(23-13-4-6-14(24-3)7-5-13)18-15(20-11)8-9-16-19(18)22-12(2)21-16/h4-10,20,23H,1-3H3. The quantitative estimate of drug-likeness (QED) is 0.584. The van der Waals surface area contributed by atoms with Crippen molar-refractivity contribution in [1.82, 2.24) is 15.0 Å². The molecule has 2 N–H and O–H groups in total. The third-order valence-electron chi connectivity index (χ3n) is 4.04. The van der Waals surface area contributed by atoms with Crippen LogP contribution < -0.4 is 10.1 Å². The molecule has 5 nitrogen and oxygen atoms in total. The van der Waals surface area contributed by atoms with E-state index in [-0.39, 0.29) is 0 Å². The van der Waals surface area contributed by atoms with Gasteiger partial charge in [0.05, 0.1) is 18.3 Å². The number of nitrogens with zero attached hydrogens (tertiary/aromatic N) is 2. The first-order chi connectivity index (χ1) is 11.6. The van der Waals surface area contributed by atoms with E-state index in [0.29, 0.717) is 0 Å². The van der Waals surface area contributed by atoms with E-state index in [4.69, 9.17) is 4.74 Å². The van der Waals surface area contributed by atoms with Gasteiger partial charge in [-0.3, -0.25) is 0 Å². The van der Waals surface area contributed by atoms with Gasteiger partial charge in [0.15, 0.2) is 0 Å². The highest BCUT2D eigenvalue weighted by Crippen LogP contribution is 2.32. The van der Waals surface area contributed by atoms with E-state index in [9.17, 15) is 0 Å². The molecule has 0 radical (unpaired) electrons. The van der Waals surface area contributed by atoms with Gasteiger partial charge in [-0.05, 0) is 56.3 Å². The zero-order valence-corrected chi connectivity index (χ0v) is 13.8. The number of rotatable bonds is 3. The summed E-state index contributed by atoms with van der Waals surface area (Å²) < 4.78 is 5.22. The van der Waals surface area contributed by atoms with E-state index in [1.165, 1.54) is 0 Å². The molecule has 0 saturated carbocycles. The molecule has 4 aromatic rings. The molecule has 0 atom stereocenters. The SMILES string of the molecule is COc1ccc(Nc2cc(C)[nH]c3ccc4nc(C)nc4c23)cc1. The van der Waals surface area contributed by atoms with Crippen molar-refractivity contribution in [2.45, 2.75) is 13.8 Å². The number of methoxy groups -OCH3 is 1. The second kappa shape index (κ2) is 5.53. The molecule has 0 bridgehead atoms. The minimum atomic E-state index is 0.786. The number of fused-ring (bicyclic) bond motifs is 3. The lowest BCUT2D eigenvalue weighted by molar-refractivity contribution is 0.415. The number of aromatic nitrogens is 3. The lowest BCUT2D eigenvalue weighted by atomic mass is 10.1. The molecule has 0 aliphatic carbocycles. The maximum Gasteiger partial charge on any atom is 0.126 e. The number of aryl methyl sites for hydroxylation is 2. The molecule has 120 valence electrons. The Morgan fingerprint density at radius 3 is 2.54 bits per heavy atom. The lowest BCUT2D eigenvalue weighted by Crippen LogP contribution is -1.95. The van der Waals surface area contributed by atoms with E-state index >= 15 is 0 Å². The van der Waals surface area contributed by atoms with Gasteiger partial charge in [-0.15, -0.1) is 0 Å². The third kappa shape index (κ3) is 2.44. The van der Waals surface area contributed by atoms with Crippen molar-refractivity contribution in [3.8, 4) is 5.75 Å². The fraction of sp³-hybridized carbons (Fsp3) is 0.158. The van der Waals surface area contributed by atoms with Gasteiger partial charge in [0.1, 0.15) is 17.1 Å². The Kier molecular flexibility index (Phi) is 3.34. The smallest absolute Gasteiger partial charge is 0.126 e. The maximum absolute atomic E-state index is 5.22. The molecule has 4 rings (SSSR count). The molecule has 2 aromatic heterocycles.